The van der Waals surface area contributed by atoms with E-state index in [1.165, 1.54) is 37.7 Å². The van der Waals surface area contributed by atoms with Crippen LogP contribution in [0.15, 0.2) is 0 Å². The summed E-state index contributed by atoms with van der Waals surface area (Å²) in [5.41, 5.74) is 2.42. The molecular formula is C15H24N4O. The highest BCUT2D eigenvalue weighted by Gasteiger charge is 2.20. The molecule has 2 aliphatic rings. The predicted molar refractivity (Wildman–Crippen MR) is 79.4 cm³/mol. The molecule has 1 saturated carbocycles. The first-order chi connectivity index (χ1) is 9.86. The van der Waals surface area contributed by atoms with E-state index in [1.54, 1.807) is 7.11 Å². The van der Waals surface area contributed by atoms with Gasteiger partial charge in [0.05, 0.1) is 12.8 Å². The van der Waals surface area contributed by atoms with E-state index in [-0.39, 0.29) is 0 Å². The van der Waals surface area contributed by atoms with Gasteiger partial charge in [0.1, 0.15) is 5.82 Å². The molecule has 1 aromatic heterocycles. The molecular weight excluding hydrogens is 252 g/mol. The Morgan fingerprint density at radius 3 is 2.70 bits per heavy atom. The highest BCUT2D eigenvalue weighted by molar-refractivity contribution is 5.49. The minimum atomic E-state index is 0.490. The minimum Gasteiger partial charge on any atom is -0.467 e. The van der Waals surface area contributed by atoms with Gasteiger partial charge in [-0.25, -0.2) is 0 Å². The van der Waals surface area contributed by atoms with E-state index < -0.39 is 0 Å². The van der Waals surface area contributed by atoms with Crippen LogP contribution >= 0.6 is 0 Å². The first kappa shape index (κ1) is 13.6. The van der Waals surface area contributed by atoms with Crippen molar-refractivity contribution in [3.63, 3.8) is 0 Å². The van der Waals surface area contributed by atoms with Crippen molar-refractivity contribution in [1.29, 1.82) is 0 Å². The molecule has 5 nitrogen and oxygen atoms in total. The number of methoxy groups -OCH3 is 1. The number of aromatic nitrogens is 2. The molecule has 0 spiro atoms. The van der Waals surface area contributed by atoms with Crippen LogP contribution in [0.25, 0.3) is 0 Å². The fourth-order valence-electron chi connectivity index (χ4n) is 3.17. The van der Waals surface area contributed by atoms with Crippen molar-refractivity contribution in [2.45, 2.75) is 51.0 Å². The Labute approximate surface area is 120 Å². The second-order valence-corrected chi connectivity index (χ2v) is 5.71. The van der Waals surface area contributed by atoms with E-state index in [9.17, 15) is 0 Å². The summed E-state index contributed by atoms with van der Waals surface area (Å²) in [4.78, 5) is 9.10. The number of fused-ring (bicyclic) bond motifs is 1. The van der Waals surface area contributed by atoms with Gasteiger partial charge in [-0.3, -0.25) is 0 Å². The van der Waals surface area contributed by atoms with Crippen molar-refractivity contribution in [1.82, 2.24) is 15.3 Å². The highest BCUT2D eigenvalue weighted by atomic mass is 16.5. The average molecular weight is 276 g/mol. The van der Waals surface area contributed by atoms with E-state index in [2.05, 4.69) is 20.6 Å². The third-order valence-corrected chi connectivity index (χ3v) is 4.29. The average Bonchev–Trinajstić information content (AvgIpc) is 2.73. The largest absolute Gasteiger partial charge is 0.467 e. The molecule has 3 rings (SSSR count). The van der Waals surface area contributed by atoms with Gasteiger partial charge in [0.2, 0.25) is 0 Å². The van der Waals surface area contributed by atoms with E-state index in [0.717, 1.165) is 37.4 Å². The van der Waals surface area contributed by atoms with Gasteiger partial charge in [0, 0.05) is 24.6 Å². The summed E-state index contributed by atoms with van der Waals surface area (Å²) in [6.45, 7) is 1.98. The summed E-state index contributed by atoms with van der Waals surface area (Å²) in [6, 6.07) is 1.05. The Hall–Kier alpha value is -1.36. The minimum absolute atomic E-state index is 0.490. The molecule has 0 aromatic carbocycles. The molecule has 1 aromatic rings. The van der Waals surface area contributed by atoms with E-state index in [4.69, 9.17) is 4.74 Å². The number of anilines is 1. The number of ether oxygens (including phenoxy) is 1. The molecule has 0 radical (unpaired) electrons. The van der Waals surface area contributed by atoms with Crippen molar-refractivity contribution >= 4 is 5.82 Å². The maximum Gasteiger partial charge on any atom is 0.318 e. The smallest absolute Gasteiger partial charge is 0.318 e. The van der Waals surface area contributed by atoms with Gasteiger partial charge in [-0.15, -0.1) is 0 Å². The van der Waals surface area contributed by atoms with Gasteiger partial charge in [-0.2, -0.15) is 9.97 Å². The molecule has 2 N–H and O–H groups in total. The lowest BCUT2D eigenvalue weighted by molar-refractivity contribution is 0.377. The zero-order valence-electron chi connectivity index (χ0n) is 12.2. The number of nitrogens with one attached hydrogen (secondary N) is 2. The molecule has 5 heteroatoms. The van der Waals surface area contributed by atoms with Crippen LogP contribution in [0.4, 0.5) is 5.82 Å². The highest BCUT2D eigenvalue weighted by Crippen LogP contribution is 2.26. The SMILES string of the molecule is COc1nc2c(c(NC3CCCCC3)n1)CCNCC2. The predicted octanol–water partition coefficient (Wildman–Crippen LogP) is 1.92. The first-order valence-corrected chi connectivity index (χ1v) is 7.78. The van der Waals surface area contributed by atoms with E-state index in [1.807, 2.05) is 0 Å². The first-order valence-electron chi connectivity index (χ1n) is 7.78. The molecule has 0 bridgehead atoms. The monoisotopic (exact) mass is 276 g/mol. The molecule has 0 saturated heterocycles. The van der Waals surface area contributed by atoms with Crippen LogP contribution in [-0.2, 0) is 12.8 Å². The summed E-state index contributed by atoms with van der Waals surface area (Å²) in [6.07, 6.45) is 8.46. The number of hydrogen-bond donors (Lipinski definition) is 2. The van der Waals surface area contributed by atoms with Crippen molar-refractivity contribution in [2.75, 3.05) is 25.5 Å². The lowest BCUT2D eigenvalue weighted by Crippen LogP contribution is -2.24. The summed E-state index contributed by atoms with van der Waals surface area (Å²) >= 11 is 0. The van der Waals surface area contributed by atoms with Crippen LogP contribution in [-0.4, -0.2) is 36.2 Å². The molecule has 1 aliphatic carbocycles. The second-order valence-electron chi connectivity index (χ2n) is 5.71. The number of nitrogens with zero attached hydrogens (tertiary/aromatic N) is 2. The lowest BCUT2D eigenvalue weighted by Gasteiger charge is -2.25. The topological polar surface area (TPSA) is 59.1 Å². The van der Waals surface area contributed by atoms with Crippen LogP contribution in [0.3, 0.4) is 0 Å². The van der Waals surface area contributed by atoms with E-state index >= 15 is 0 Å². The quantitative estimate of drug-likeness (QED) is 0.883. The zero-order valence-corrected chi connectivity index (χ0v) is 12.2. The third kappa shape index (κ3) is 3.03. The lowest BCUT2D eigenvalue weighted by atomic mass is 9.95. The Bertz CT molecular complexity index is 457. The molecule has 0 atom stereocenters. The van der Waals surface area contributed by atoms with Crippen LogP contribution in [0.1, 0.15) is 43.4 Å². The van der Waals surface area contributed by atoms with Crippen LogP contribution in [0.5, 0.6) is 6.01 Å². The van der Waals surface area contributed by atoms with Crippen LogP contribution in [0.2, 0.25) is 0 Å². The van der Waals surface area contributed by atoms with Crippen LogP contribution < -0.4 is 15.4 Å². The molecule has 20 heavy (non-hydrogen) atoms. The maximum atomic E-state index is 5.27. The second kappa shape index (κ2) is 6.39. The van der Waals surface area contributed by atoms with Gasteiger partial charge < -0.3 is 15.4 Å². The van der Waals surface area contributed by atoms with Crippen molar-refractivity contribution < 1.29 is 4.74 Å². The van der Waals surface area contributed by atoms with Crippen molar-refractivity contribution in [2.24, 2.45) is 0 Å². The maximum absolute atomic E-state index is 5.27. The molecule has 0 amide bonds. The fraction of sp³-hybridized carbons (Fsp3) is 0.733. The van der Waals surface area contributed by atoms with Gasteiger partial charge in [0.25, 0.3) is 0 Å². The van der Waals surface area contributed by atoms with Crippen molar-refractivity contribution in [3.05, 3.63) is 11.3 Å². The number of hydrogen-bond acceptors (Lipinski definition) is 5. The molecule has 2 heterocycles. The Balaban J connectivity index is 1.86. The molecule has 0 unspecified atom stereocenters. The standard InChI is InChI=1S/C15H24N4O/c1-20-15-18-13-8-10-16-9-7-12(13)14(19-15)17-11-5-3-2-4-6-11/h11,16H,2-10H2,1H3,(H,17,18,19). The van der Waals surface area contributed by atoms with Crippen LogP contribution in [0, 0.1) is 0 Å². The Morgan fingerprint density at radius 2 is 1.90 bits per heavy atom. The molecule has 110 valence electrons. The normalized spacial score (nSPS) is 20.1. The summed E-state index contributed by atoms with van der Waals surface area (Å²) in [5, 5.41) is 7.08. The summed E-state index contributed by atoms with van der Waals surface area (Å²) in [7, 11) is 1.64. The van der Waals surface area contributed by atoms with E-state index in [0.29, 0.717) is 12.1 Å². The van der Waals surface area contributed by atoms with Gasteiger partial charge in [-0.1, -0.05) is 19.3 Å². The zero-order chi connectivity index (χ0) is 13.8. The van der Waals surface area contributed by atoms with Gasteiger partial charge in [-0.05, 0) is 25.8 Å². The van der Waals surface area contributed by atoms with Crippen molar-refractivity contribution in [3.8, 4) is 6.01 Å². The molecule has 1 fully saturated rings. The number of rotatable bonds is 3. The Kier molecular flexibility index (Phi) is 4.35. The van der Waals surface area contributed by atoms with Gasteiger partial charge in [0.15, 0.2) is 0 Å². The summed E-state index contributed by atoms with van der Waals surface area (Å²) in [5.74, 6) is 1.00. The molecule has 1 aliphatic heterocycles. The Morgan fingerprint density at radius 1 is 1.10 bits per heavy atom. The van der Waals surface area contributed by atoms with Gasteiger partial charge >= 0.3 is 6.01 Å². The fourth-order valence-corrected chi connectivity index (χ4v) is 3.17. The third-order valence-electron chi connectivity index (χ3n) is 4.29. The summed E-state index contributed by atoms with van der Waals surface area (Å²) < 4.78 is 5.27.